The average Bonchev–Trinajstić information content (AvgIpc) is 3.10. The Morgan fingerprint density at radius 1 is 1.10 bits per heavy atom. The lowest BCUT2D eigenvalue weighted by molar-refractivity contribution is -0.121. The van der Waals surface area contributed by atoms with E-state index in [0.717, 1.165) is 28.2 Å². The van der Waals surface area contributed by atoms with E-state index in [9.17, 15) is 25.2 Å². The molecule has 278 valence electrons. The largest absolute Gasteiger partial charge is 0.504 e. The molecular formula is C37H50N4O8S2. The summed E-state index contributed by atoms with van der Waals surface area (Å²) in [6, 6.07) is 5.36. The van der Waals surface area contributed by atoms with Crippen LogP contribution in [0.3, 0.4) is 0 Å². The van der Waals surface area contributed by atoms with Crippen molar-refractivity contribution in [3.05, 3.63) is 46.0 Å². The second kappa shape index (κ2) is 18.4. The lowest BCUT2D eigenvalue weighted by Crippen LogP contribution is -2.45. The second-order valence-corrected chi connectivity index (χ2v) is 16.1. The van der Waals surface area contributed by atoms with E-state index >= 15 is 0 Å². The Balaban J connectivity index is 1.55. The number of carbonyl (C=O) groups excluding carboxylic acids is 1. The number of Topliss-reactive ketones (excluding diaryl/α,β-unsaturated/α-hetero) is 1. The van der Waals surface area contributed by atoms with Crippen molar-refractivity contribution in [2.45, 2.75) is 77.2 Å². The highest BCUT2D eigenvalue weighted by molar-refractivity contribution is 8.76. The molecule has 0 saturated carbocycles. The van der Waals surface area contributed by atoms with Gasteiger partial charge in [0.25, 0.3) is 0 Å². The number of rotatable bonds is 7. The van der Waals surface area contributed by atoms with E-state index in [4.69, 9.17) is 19.9 Å². The van der Waals surface area contributed by atoms with Crippen LogP contribution in [0.4, 0.5) is 0 Å². The van der Waals surface area contributed by atoms with Gasteiger partial charge in [-0.05, 0) is 61.8 Å². The van der Waals surface area contributed by atoms with Crippen LogP contribution in [-0.2, 0) is 30.5 Å². The molecule has 2 bridgehead atoms. The van der Waals surface area contributed by atoms with Gasteiger partial charge >= 0.3 is 0 Å². The van der Waals surface area contributed by atoms with Crippen molar-refractivity contribution < 1.29 is 39.4 Å². The van der Waals surface area contributed by atoms with Crippen molar-refractivity contribution in [2.24, 2.45) is 28.5 Å². The monoisotopic (exact) mass is 742 g/mol. The van der Waals surface area contributed by atoms with Gasteiger partial charge in [-0.25, -0.2) is 0 Å². The minimum Gasteiger partial charge on any atom is -0.504 e. The van der Waals surface area contributed by atoms with E-state index in [-0.39, 0.29) is 61.2 Å². The van der Waals surface area contributed by atoms with Gasteiger partial charge in [-0.15, -0.1) is 0 Å². The van der Waals surface area contributed by atoms with Gasteiger partial charge in [-0.3, -0.25) is 15.1 Å². The number of carbonyl (C=O) groups is 1. The van der Waals surface area contributed by atoms with E-state index in [2.05, 4.69) is 41.3 Å². The summed E-state index contributed by atoms with van der Waals surface area (Å²) in [7, 11) is 5.32. The summed E-state index contributed by atoms with van der Waals surface area (Å²) in [4.78, 5) is 17.7. The Morgan fingerprint density at radius 3 is 2.67 bits per heavy atom. The summed E-state index contributed by atoms with van der Waals surface area (Å²) < 4.78 is 18.0. The molecule has 0 amide bonds. The molecule has 14 heteroatoms. The molecule has 8 N–H and O–H groups in total. The topological polar surface area (TPSA) is 188 Å². The zero-order valence-electron chi connectivity index (χ0n) is 29.4. The number of benzene rings is 2. The van der Waals surface area contributed by atoms with Crippen LogP contribution >= 0.6 is 21.6 Å². The number of aryl methyl sites for hydroxylation is 2. The molecule has 0 spiro atoms. The summed E-state index contributed by atoms with van der Waals surface area (Å²) in [5, 5.41) is 49.0. The molecule has 3 aliphatic rings. The molecule has 0 fully saturated rings. The Labute approximate surface area is 307 Å². The van der Waals surface area contributed by atoms with Crippen LogP contribution in [0.15, 0.2) is 23.2 Å². The maximum atomic E-state index is 13.0. The Kier molecular flexibility index (Phi) is 14.1. The number of nitrogens with one attached hydrogen (secondary N) is 2. The molecule has 2 aromatic carbocycles. The number of phenols is 1. The summed E-state index contributed by atoms with van der Waals surface area (Å²) in [5.74, 6) is 9.02. The summed E-state index contributed by atoms with van der Waals surface area (Å²) >= 11 is 0. The Bertz CT molecular complexity index is 1630. The van der Waals surface area contributed by atoms with E-state index in [1.54, 1.807) is 34.7 Å². The van der Waals surface area contributed by atoms with Crippen molar-refractivity contribution in [1.29, 1.82) is 0 Å². The van der Waals surface area contributed by atoms with Crippen molar-refractivity contribution in [2.75, 3.05) is 38.6 Å². The molecule has 0 unspecified atom stereocenters. The second-order valence-electron chi connectivity index (χ2n) is 13.5. The third-order valence-corrected chi connectivity index (χ3v) is 12.1. The molecule has 1 aliphatic carbocycles. The first kappa shape index (κ1) is 38.9. The first-order valence-corrected chi connectivity index (χ1v) is 20.0. The molecule has 5 rings (SSSR count). The number of nitrogens with two attached hydrogens (primary N) is 1. The van der Waals surface area contributed by atoms with Gasteiger partial charge in [0.15, 0.2) is 35.8 Å². The molecular weight excluding hydrogens is 693 g/mol. The van der Waals surface area contributed by atoms with Crippen LogP contribution < -0.4 is 30.6 Å². The number of guanidine groups is 1. The zero-order chi connectivity index (χ0) is 36.5. The van der Waals surface area contributed by atoms with Gasteiger partial charge in [-0.2, -0.15) is 0 Å². The number of fused-ring (bicyclic) bond motifs is 5. The summed E-state index contributed by atoms with van der Waals surface area (Å²) in [5.41, 5.74) is 9.88. The molecule has 12 nitrogen and oxygen atoms in total. The molecule has 5 atom stereocenters. The predicted molar refractivity (Wildman–Crippen MR) is 200 cm³/mol. The normalized spacial score (nSPS) is 24.6. The van der Waals surface area contributed by atoms with Crippen LogP contribution in [-0.4, -0.2) is 89.2 Å². The fraction of sp³-hybridized carbons (Fsp3) is 0.568. The minimum atomic E-state index is -1.14. The number of nitrogens with zero attached hydrogens (tertiary/aromatic N) is 1. The number of hydrogen-bond donors (Lipinski definition) is 7. The smallest absolute Gasteiger partial charge is 0.201 e. The van der Waals surface area contributed by atoms with E-state index in [0.29, 0.717) is 66.7 Å². The fourth-order valence-electron chi connectivity index (χ4n) is 6.62. The average molecular weight is 743 g/mol. The Morgan fingerprint density at radius 2 is 1.90 bits per heavy atom. The van der Waals surface area contributed by atoms with E-state index in [1.165, 1.54) is 6.07 Å². The number of aliphatic hydroxyl groups is 3. The summed E-state index contributed by atoms with van der Waals surface area (Å²) in [6.07, 6.45) is 0.0271. The van der Waals surface area contributed by atoms with Gasteiger partial charge in [0.1, 0.15) is 12.5 Å². The highest BCUT2D eigenvalue weighted by Gasteiger charge is 2.38. The number of aromatic hydroxyl groups is 1. The number of hydrogen-bond acceptors (Lipinski definition) is 14. The van der Waals surface area contributed by atoms with Gasteiger partial charge in [0, 0.05) is 60.4 Å². The van der Waals surface area contributed by atoms with Gasteiger partial charge < -0.3 is 45.7 Å². The lowest BCUT2D eigenvalue weighted by Gasteiger charge is -2.37. The van der Waals surface area contributed by atoms with Crippen LogP contribution in [0.5, 0.6) is 23.0 Å². The minimum absolute atomic E-state index is 0.00254. The van der Waals surface area contributed by atoms with Crippen molar-refractivity contribution >= 4 is 33.3 Å². The third-order valence-electron chi connectivity index (χ3n) is 9.57. The zero-order valence-corrected chi connectivity index (χ0v) is 31.1. The van der Waals surface area contributed by atoms with Crippen LogP contribution in [0.1, 0.15) is 60.9 Å². The standard InChI is InChI=1S/C37H50N4O8S2/c1-21(2)31-18-51-50-17-25(16-40-37(38)41-31)30-15-29-23-8-11-27(44)14-26(43)10-7-22-9-12-32(45)34(48-20-42)28(22)6-4-5-24(13-23)33(47-19-39-3)35(29)49-36(30)46/h9,12-13,21,25,27,30-31,36,39,42,44-46H,5,7-8,10-11,14-20H2,1-3H3,(H3,38,40,41)/t25-,27-,30+,31+,36-/m1/s1. The fourth-order valence-corrected chi connectivity index (χ4v) is 9.50. The highest BCUT2D eigenvalue weighted by atomic mass is 33.1. The molecule has 2 heterocycles. The first-order valence-electron chi connectivity index (χ1n) is 17.5. The number of aliphatic hydroxyl groups excluding tert-OH is 3. The molecule has 0 saturated heterocycles. The SMILES string of the molecule is CNCOc1c2cc(c3c1O[C@@H](O)[C@H]([C@@H]1CN=C(N)N[C@H](C(C)C)CSSC1)C3)CC[C@@H](O)CC(=O)CCc1ccc(O)c(OCO)c1C#CC2. The third kappa shape index (κ3) is 9.97. The number of phenolic OH excluding ortho intramolecular Hbond substituents is 1. The van der Waals surface area contributed by atoms with Crippen molar-refractivity contribution in [1.82, 2.24) is 10.6 Å². The maximum Gasteiger partial charge on any atom is 0.201 e. The molecule has 2 aromatic rings. The van der Waals surface area contributed by atoms with E-state index in [1.807, 2.05) is 6.07 Å². The lowest BCUT2D eigenvalue weighted by atomic mass is 9.81. The highest BCUT2D eigenvalue weighted by Crippen LogP contribution is 2.46. The number of aliphatic imine (C=N–C) groups is 1. The number of ether oxygens (including phenoxy) is 3. The van der Waals surface area contributed by atoms with Crippen molar-refractivity contribution in [3.63, 3.8) is 0 Å². The van der Waals surface area contributed by atoms with Gasteiger partial charge in [-0.1, -0.05) is 59.4 Å². The van der Waals surface area contributed by atoms with Crippen LogP contribution in [0.25, 0.3) is 0 Å². The Hall–Kier alpha value is -3.32. The van der Waals surface area contributed by atoms with Crippen LogP contribution in [0.2, 0.25) is 0 Å². The van der Waals surface area contributed by atoms with E-state index < -0.39 is 19.2 Å². The van der Waals surface area contributed by atoms with Crippen LogP contribution in [0, 0.1) is 29.6 Å². The molecule has 0 aromatic heterocycles. The first-order chi connectivity index (χ1) is 24.6. The quantitative estimate of drug-likeness (QED) is 0.125. The van der Waals surface area contributed by atoms with Gasteiger partial charge in [0.05, 0.1) is 11.7 Å². The number of ketones is 1. The molecule has 0 radical (unpaired) electrons. The molecule has 2 aliphatic heterocycles. The van der Waals surface area contributed by atoms with Crippen molar-refractivity contribution in [3.8, 4) is 34.8 Å². The molecule has 51 heavy (non-hydrogen) atoms. The summed E-state index contributed by atoms with van der Waals surface area (Å²) in [6.45, 7) is 4.24. The predicted octanol–water partition coefficient (Wildman–Crippen LogP) is 2.88. The maximum absolute atomic E-state index is 13.0. The van der Waals surface area contributed by atoms with Gasteiger partial charge in [0.2, 0.25) is 6.29 Å².